The van der Waals surface area contributed by atoms with Gasteiger partial charge in [-0.25, -0.2) is 4.57 Å². The lowest BCUT2D eigenvalue weighted by Gasteiger charge is -2.19. The van der Waals surface area contributed by atoms with E-state index in [1.54, 1.807) is 0 Å². The highest BCUT2D eigenvalue weighted by Gasteiger charge is 2.26. The van der Waals surface area contributed by atoms with E-state index in [2.05, 4.69) is 160 Å². The molecule has 0 amide bonds. The molecule has 10 heteroatoms. The average molecular weight is 1310 g/mol. The van der Waals surface area contributed by atoms with Gasteiger partial charge in [-0.15, -0.1) is 0 Å². The second kappa shape index (κ2) is 76.9. The van der Waals surface area contributed by atoms with Crippen LogP contribution in [0.1, 0.15) is 335 Å². The SMILES string of the molecule is CC/C=C\C/C=C\C/C=C\C/C=C\C/C=C\C/C=C\C/C=C\C/C=C\C/C=C\C/C=C\CCCCCCCCCCCCC(=O)OC(COC(=O)CCCCCCCCCCCCCCCCCCCCC/C=C\C/C=C\CCCCCCC)COP(=O)(O)OCCN. The monoisotopic (exact) mass is 1310 g/mol. The molecule has 3 N–H and O–H groups in total. The lowest BCUT2D eigenvalue weighted by molar-refractivity contribution is -0.161. The van der Waals surface area contributed by atoms with Crippen molar-refractivity contribution in [3.8, 4) is 0 Å². The highest BCUT2D eigenvalue weighted by molar-refractivity contribution is 7.47. The largest absolute Gasteiger partial charge is 0.472 e. The summed E-state index contributed by atoms with van der Waals surface area (Å²) in [6.07, 6.45) is 111. The van der Waals surface area contributed by atoms with Crippen molar-refractivity contribution in [2.45, 2.75) is 341 Å². The molecule has 0 fully saturated rings. The molecule has 0 spiro atoms. The molecular formula is C83H142NO8P. The van der Waals surface area contributed by atoms with E-state index in [9.17, 15) is 19.0 Å². The Bertz CT molecular complexity index is 2040. The number of carbonyl (C=O) groups excluding carboxylic acids is 2. The maximum absolute atomic E-state index is 12.8. The van der Waals surface area contributed by atoms with E-state index in [-0.39, 0.29) is 38.6 Å². The molecule has 0 aliphatic carbocycles. The van der Waals surface area contributed by atoms with Crippen LogP contribution in [0.4, 0.5) is 0 Å². The molecule has 0 radical (unpaired) electrons. The van der Waals surface area contributed by atoms with Crippen molar-refractivity contribution >= 4 is 19.8 Å². The number of esters is 2. The summed E-state index contributed by atoms with van der Waals surface area (Å²) in [5.74, 6) is -0.828. The number of carbonyl (C=O) groups is 2. The van der Waals surface area contributed by atoms with Crippen LogP contribution in [0.15, 0.2) is 146 Å². The van der Waals surface area contributed by atoms with E-state index in [0.29, 0.717) is 6.42 Å². The molecule has 2 unspecified atom stereocenters. The van der Waals surface area contributed by atoms with Crippen molar-refractivity contribution in [1.82, 2.24) is 0 Å². The van der Waals surface area contributed by atoms with Crippen LogP contribution in [0.5, 0.6) is 0 Å². The second-order valence-electron chi connectivity index (χ2n) is 25.1. The number of phosphoric acid groups is 1. The minimum Gasteiger partial charge on any atom is -0.462 e. The average Bonchev–Trinajstić information content (AvgIpc) is 3.49. The first-order chi connectivity index (χ1) is 45.8. The zero-order valence-corrected chi connectivity index (χ0v) is 60.8. The van der Waals surface area contributed by atoms with Gasteiger partial charge in [0.15, 0.2) is 6.10 Å². The Balaban J connectivity index is 3.90. The summed E-state index contributed by atoms with van der Waals surface area (Å²) in [7, 11) is -4.40. The quantitative estimate of drug-likeness (QED) is 0.0264. The van der Waals surface area contributed by atoms with Crippen LogP contribution in [0.25, 0.3) is 0 Å². The van der Waals surface area contributed by atoms with Gasteiger partial charge in [-0.3, -0.25) is 18.6 Å². The summed E-state index contributed by atoms with van der Waals surface area (Å²) >= 11 is 0. The fraction of sp³-hybridized carbons (Fsp3) is 0.687. The molecule has 0 aromatic carbocycles. The highest BCUT2D eigenvalue weighted by atomic mass is 31.2. The fourth-order valence-corrected chi connectivity index (χ4v) is 11.3. The first kappa shape index (κ1) is 88.9. The van der Waals surface area contributed by atoms with E-state index in [1.807, 2.05) is 0 Å². The Kier molecular flexibility index (Phi) is 73.5. The third-order valence-corrected chi connectivity index (χ3v) is 17.2. The third kappa shape index (κ3) is 76.8. The molecule has 2 atom stereocenters. The molecule has 0 aromatic rings. The van der Waals surface area contributed by atoms with E-state index < -0.39 is 26.5 Å². The summed E-state index contributed by atoms with van der Waals surface area (Å²) < 4.78 is 33.2. The predicted octanol–water partition coefficient (Wildman–Crippen LogP) is 25.8. The number of ether oxygens (including phenoxy) is 2. The molecule has 0 heterocycles. The number of allylic oxidation sites excluding steroid dienone is 24. The Morgan fingerprint density at radius 3 is 0.882 bits per heavy atom. The fourth-order valence-electron chi connectivity index (χ4n) is 10.6. The Hall–Kier alpha value is -4.11. The topological polar surface area (TPSA) is 134 Å². The molecule has 93 heavy (non-hydrogen) atoms. The molecular weight excluding hydrogens is 1170 g/mol. The van der Waals surface area contributed by atoms with Gasteiger partial charge in [0.2, 0.25) is 0 Å². The Labute approximate surface area is 573 Å². The normalized spacial score (nSPS) is 13.7. The number of nitrogens with two attached hydrogens (primary N) is 1. The Morgan fingerprint density at radius 2 is 0.591 bits per heavy atom. The van der Waals surface area contributed by atoms with E-state index in [0.717, 1.165) is 116 Å². The van der Waals surface area contributed by atoms with E-state index >= 15 is 0 Å². The summed E-state index contributed by atoms with van der Waals surface area (Å²) in [5, 5.41) is 0. The molecule has 0 aliphatic rings. The van der Waals surface area contributed by atoms with Crippen LogP contribution in [0, 0.1) is 0 Å². The van der Waals surface area contributed by atoms with Gasteiger partial charge in [-0.1, -0.05) is 346 Å². The molecule has 0 aliphatic heterocycles. The maximum Gasteiger partial charge on any atom is 0.472 e. The van der Waals surface area contributed by atoms with Crippen LogP contribution < -0.4 is 5.73 Å². The lowest BCUT2D eigenvalue weighted by atomic mass is 10.0. The van der Waals surface area contributed by atoms with Gasteiger partial charge in [-0.05, 0) is 122 Å². The summed E-state index contributed by atoms with van der Waals surface area (Å²) in [6, 6.07) is 0. The number of rotatable bonds is 71. The van der Waals surface area contributed by atoms with Crippen molar-refractivity contribution in [2.24, 2.45) is 5.73 Å². The molecule has 9 nitrogen and oxygen atoms in total. The molecule has 532 valence electrons. The van der Waals surface area contributed by atoms with Crippen molar-refractivity contribution in [1.29, 1.82) is 0 Å². The van der Waals surface area contributed by atoms with Gasteiger partial charge in [0.1, 0.15) is 6.61 Å². The molecule has 0 aromatic heterocycles. The van der Waals surface area contributed by atoms with Crippen LogP contribution in [0.2, 0.25) is 0 Å². The molecule has 0 saturated heterocycles. The van der Waals surface area contributed by atoms with Crippen molar-refractivity contribution in [2.75, 3.05) is 26.4 Å². The van der Waals surface area contributed by atoms with Gasteiger partial charge in [0.05, 0.1) is 13.2 Å². The molecule has 0 saturated carbocycles. The number of hydrogen-bond acceptors (Lipinski definition) is 8. The third-order valence-electron chi connectivity index (χ3n) is 16.2. The minimum atomic E-state index is -4.40. The van der Waals surface area contributed by atoms with E-state index in [4.69, 9.17) is 24.3 Å². The minimum absolute atomic E-state index is 0.0479. The molecule has 0 bridgehead atoms. The number of hydrogen-bond donors (Lipinski definition) is 2. The number of unbranched alkanes of at least 4 members (excludes halogenated alkanes) is 34. The Morgan fingerprint density at radius 1 is 0.333 bits per heavy atom. The molecule has 0 rings (SSSR count). The standard InChI is InChI=1S/C83H142NO8P/c1-3-5-7-9-11-13-15-17-19-21-23-25-27-29-31-33-35-36-37-38-39-40-41-42-43-44-46-48-50-52-54-56-58-60-62-64-66-68-70-72-74-76-83(86)92-81(80-91-93(87,88)90-78-77-84)79-89-82(85)75-73-71-69-67-65-63-61-59-57-55-53-51-49-47-45-34-32-30-28-26-24-22-20-18-16-14-12-10-8-6-4-2/h5,7,11,13,16-19,22-25,29,31,35-36,38-39,41-42,44,46,50,52,81H,3-4,6,8-10,12,14-15,20-21,26-28,30,32-34,37,40,43,45,47-49,51,53-80,84H2,1-2H3,(H,87,88)/b7-5-,13-11-,18-16-,19-17-,24-22-,25-23-,31-29-,36-35-,39-38-,42-41-,46-44-,52-50-. The lowest BCUT2D eigenvalue weighted by Crippen LogP contribution is -2.29. The second-order valence-corrected chi connectivity index (χ2v) is 26.6. The van der Waals surface area contributed by atoms with Crippen LogP contribution in [-0.2, 0) is 32.7 Å². The van der Waals surface area contributed by atoms with E-state index in [1.165, 1.54) is 186 Å². The van der Waals surface area contributed by atoms with Crippen molar-refractivity contribution in [3.63, 3.8) is 0 Å². The van der Waals surface area contributed by atoms with Gasteiger partial charge < -0.3 is 20.1 Å². The summed E-state index contributed by atoms with van der Waals surface area (Å²) in [4.78, 5) is 35.4. The first-order valence-electron chi connectivity index (χ1n) is 38.3. The summed E-state index contributed by atoms with van der Waals surface area (Å²) in [5.41, 5.74) is 5.41. The maximum atomic E-state index is 12.8. The van der Waals surface area contributed by atoms with Crippen molar-refractivity contribution in [3.05, 3.63) is 146 Å². The zero-order valence-electron chi connectivity index (χ0n) is 59.9. The van der Waals surface area contributed by atoms with Crippen LogP contribution in [-0.4, -0.2) is 49.3 Å². The van der Waals surface area contributed by atoms with Gasteiger partial charge in [0.25, 0.3) is 0 Å². The highest BCUT2D eigenvalue weighted by Crippen LogP contribution is 2.43. The van der Waals surface area contributed by atoms with Gasteiger partial charge in [0, 0.05) is 19.4 Å². The summed E-state index contributed by atoms with van der Waals surface area (Å²) in [6.45, 7) is 3.64. The smallest absolute Gasteiger partial charge is 0.462 e. The van der Waals surface area contributed by atoms with Crippen molar-refractivity contribution < 1.29 is 37.6 Å². The predicted molar refractivity (Wildman–Crippen MR) is 404 cm³/mol. The number of phosphoric ester groups is 1. The zero-order chi connectivity index (χ0) is 67.2. The van der Waals surface area contributed by atoms with Gasteiger partial charge >= 0.3 is 19.8 Å². The van der Waals surface area contributed by atoms with Crippen LogP contribution in [0.3, 0.4) is 0 Å². The van der Waals surface area contributed by atoms with Crippen LogP contribution >= 0.6 is 7.82 Å². The first-order valence-corrected chi connectivity index (χ1v) is 39.8. The van der Waals surface area contributed by atoms with Gasteiger partial charge in [-0.2, -0.15) is 0 Å².